The molecule has 0 radical (unpaired) electrons. The zero-order chi connectivity index (χ0) is 75.7. The standard InChI is InChI=1S/C26H27F7N2O2.C23H20F7IO2.C22H19F7O3/c1-13(15-9-16(25(28,29)30)11-17(10-15)26(31,32)33)37-21-8-7-19(20-12-24(2,34)23(36)35-20)22(21)14-3-5-18(27)6-4-14;1-12(14-8-15(22(25,26)27)10-16(9-14)23(28,29)30)33-20-7-6-18(19(32)11-31)21(20)13-2-4-17(24)5-3-13;1-11(13-8-14(21(24,25)26)10-15(9-13)22(27,28)29)32-18-7-6-17(20(30)31)19(18)12-2-4-16(23)5-3-12/h3-6,9-11,13,19-22H,7-8,12,34H2,1-2H3,(H,35,36);2-5,8-10,12,18,20-21H,6-7,11H2,1H3;2-5,8-11,17-19H,6-7H2,1H3,(H,30,31)/t13-,19+,20-,21+,22+,24-;12-,18+,20+,21+;11-,17-,18+,19+/m111/s1. The number of ketones is 1. The van der Waals surface area contributed by atoms with Gasteiger partial charge in [-0.1, -0.05) is 59.0 Å². The second-order valence-corrected chi connectivity index (χ2v) is 26.7. The predicted molar refractivity (Wildman–Crippen MR) is 335 cm³/mol. The average molecular weight is 1590 g/mol. The van der Waals surface area contributed by atoms with Gasteiger partial charge in [0.25, 0.3) is 0 Å². The lowest BCUT2D eigenvalue weighted by atomic mass is 9.81. The highest BCUT2D eigenvalue weighted by atomic mass is 127. The number of hydrogen-bond acceptors (Lipinski definition) is 7. The number of amides is 1. The molecule has 556 valence electrons. The van der Waals surface area contributed by atoms with Crippen molar-refractivity contribution in [3.8, 4) is 0 Å². The molecule has 4 fully saturated rings. The van der Waals surface area contributed by atoms with E-state index >= 15 is 0 Å². The molecule has 0 aromatic heterocycles. The number of hydrogen-bond donors (Lipinski definition) is 3. The predicted octanol–water partition coefficient (Wildman–Crippen LogP) is 20.2. The van der Waals surface area contributed by atoms with Gasteiger partial charge in [-0.3, -0.25) is 14.4 Å². The van der Waals surface area contributed by atoms with E-state index in [2.05, 4.69) is 5.32 Å². The molecule has 0 unspecified atom stereocenters. The minimum atomic E-state index is -4.99. The summed E-state index contributed by atoms with van der Waals surface area (Å²) >= 11 is 1.94. The first kappa shape index (κ1) is 80.7. The maximum Gasteiger partial charge on any atom is 0.416 e. The van der Waals surface area contributed by atoms with Gasteiger partial charge in [-0.05, 0) is 203 Å². The Hall–Kier alpha value is -6.97. The zero-order valence-electron chi connectivity index (χ0n) is 54.1. The maximum absolute atomic E-state index is 13.6. The lowest BCUT2D eigenvalue weighted by Gasteiger charge is -2.31. The van der Waals surface area contributed by atoms with Crippen LogP contribution in [-0.4, -0.2) is 57.1 Å². The van der Waals surface area contributed by atoms with E-state index < -0.39 is 166 Å². The van der Waals surface area contributed by atoms with E-state index in [4.69, 9.17) is 19.9 Å². The van der Waals surface area contributed by atoms with Crippen LogP contribution in [0.4, 0.5) is 92.2 Å². The van der Waals surface area contributed by atoms with Crippen molar-refractivity contribution < 1.29 is 126 Å². The van der Waals surface area contributed by atoms with Crippen molar-refractivity contribution in [2.24, 2.45) is 23.5 Å². The van der Waals surface area contributed by atoms with Crippen LogP contribution in [0.25, 0.3) is 0 Å². The number of rotatable bonds is 16. The van der Waals surface area contributed by atoms with Crippen LogP contribution in [0.1, 0.15) is 175 Å². The Kier molecular flexibility index (Phi) is 24.8. The number of halogens is 22. The van der Waals surface area contributed by atoms with Gasteiger partial charge >= 0.3 is 43.0 Å². The second kappa shape index (κ2) is 31.4. The number of benzene rings is 6. The van der Waals surface area contributed by atoms with Crippen molar-refractivity contribution in [3.63, 3.8) is 0 Å². The molecule has 4 N–H and O–H groups in total. The summed E-state index contributed by atoms with van der Waals surface area (Å²) in [7, 11) is 0. The lowest BCUT2D eigenvalue weighted by molar-refractivity contribution is -0.145. The van der Waals surface area contributed by atoms with Crippen LogP contribution in [0.3, 0.4) is 0 Å². The molecule has 4 aliphatic rings. The fraction of sp³-hybridized carbons (Fsp3) is 0.451. The molecule has 3 saturated carbocycles. The maximum atomic E-state index is 13.6. The van der Waals surface area contributed by atoms with E-state index in [9.17, 15) is 112 Å². The minimum Gasteiger partial charge on any atom is -0.481 e. The van der Waals surface area contributed by atoms with E-state index in [1.807, 2.05) is 22.6 Å². The molecule has 1 amide bonds. The monoisotopic (exact) mass is 1580 g/mol. The summed E-state index contributed by atoms with van der Waals surface area (Å²) in [6.45, 7) is 5.71. The molecule has 9 nitrogen and oxygen atoms in total. The fourth-order valence-corrected chi connectivity index (χ4v) is 14.4. The number of aliphatic carboxylic acids is 1. The van der Waals surface area contributed by atoms with Crippen molar-refractivity contribution in [1.29, 1.82) is 0 Å². The highest BCUT2D eigenvalue weighted by Gasteiger charge is 2.51. The number of carboxylic acid groups (broad SMARTS) is 1. The van der Waals surface area contributed by atoms with Gasteiger partial charge in [0.05, 0.1) is 85.9 Å². The van der Waals surface area contributed by atoms with Crippen LogP contribution in [0.15, 0.2) is 127 Å². The third-order valence-corrected chi connectivity index (χ3v) is 19.6. The Morgan fingerprint density at radius 1 is 0.471 bits per heavy atom. The van der Waals surface area contributed by atoms with Gasteiger partial charge < -0.3 is 30.4 Å². The number of carboxylic acids is 1. The molecule has 0 bridgehead atoms. The molecule has 6 aromatic carbocycles. The zero-order valence-corrected chi connectivity index (χ0v) is 56.2. The first-order valence-corrected chi connectivity index (χ1v) is 33.2. The Morgan fingerprint density at radius 3 is 1.02 bits per heavy atom. The Labute approximate surface area is 584 Å². The summed E-state index contributed by atoms with van der Waals surface area (Å²) in [5, 5.41) is 12.4. The molecular weight excluding hydrogens is 1520 g/mol. The van der Waals surface area contributed by atoms with Crippen LogP contribution in [0.2, 0.25) is 0 Å². The van der Waals surface area contributed by atoms with E-state index in [1.54, 1.807) is 19.1 Å². The van der Waals surface area contributed by atoms with Crippen molar-refractivity contribution >= 4 is 40.3 Å². The van der Waals surface area contributed by atoms with Crippen LogP contribution >= 0.6 is 22.6 Å². The average Bonchev–Trinajstić information content (AvgIpc) is 1.55. The molecule has 6 aromatic rings. The summed E-state index contributed by atoms with van der Waals surface area (Å²) < 4.78 is 297. The normalized spacial score (nSPS) is 25.0. The van der Waals surface area contributed by atoms with Gasteiger partial charge in [-0.2, -0.15) is 79.0 Å². The van der Waals surface area contributed by atoms with Gasteiger partial charge in [0.2, 0.25) is 5.91 Å². The third-order valence-electron chi connectivity index (χ3n) is 18.8. The molecule has 1 saturated heterocycles. The van der Waals surface area contributed by atoms with E-state index in [0.29, 0.717) is 85.2 Å². The first-order valence-electron chi connectivity index (χ1n) is 31.7. The summed E-state index contributed by atoms with van der Waals surface area (Å²) in [5.74, 6) is -6.03. The SMILES string of the molecule is C[C@@H](O[C@H]1CC[C@@H](C(=O)CI)[C@@H]1c1ccc(F)cc1)c1cc(C(F)(F)F)cc(C(F)(F)F)c1.C[C@@H](O[C@H]1CC[C@@H](C(=O)O)[C@@H]1c1ccc(F)cc1)c1cc(C(F)(F)F)cc(C(F)(F)F)c1.C[C@@H](O[C@H]1CC[C@@H]([C@H]2C[C@@](C)(N)C(=O)N2)[C@@H]1c1ccc(F)cc1)c1cc(C(F)(F)F)cc(C(F)(F)F)c1. The Morgan fingerprint density at radius 2 is 0.745 bits per heavy atom. The molecule has 1 heterocycles. The van der Waals surface area contributed by atoms with Crippen LogP contribution in [0, 0.1) is 35.2 Å². The van der Waals surface area contributed by atoms with E-state index in [-0.39, 0.29) is 75.8 Å². The van der Waals surface area contributed by atoms with Gasteiger partial charge in [-0.15, -0.1) is 0 Å². The van der Waals surface area contributed by atoms with Gasteiger partial charge in [-0.25, -0.2) is 13.2 Å². The van der Waals surface area contributed by atoms with E-state index in [1.165, 1.54) is 69.3 Å². The third kappa shape index (κ3) is 19.9. The van der Waals surface area contributed by atoms with Gasteiger partial charge in [0.1, 0.15) is 23.2 Å². The van der Waals surface area contributed by atoms with Crippen molar-refractivity contribution in [3.05, 3.63) is 212 Å². The largest absolute Gasteiger partial charge is 0.481 e. The summed E-state index contributed by atoms with van der Waals surface area (Å²) in [5.41, 5.74) is -2.60. The van der Waals surface area contributed by atoms with Crippen LogP contribution < -0.4 is 11.1 Å². The molecule has 0 spiro atoms. The number of ether oxygens (including phenoxy) is 3. The van der Waals surface area contributed by atoms with Crippen LogP contribution in [-0.2, 0) is 65.7 Å². The molecule has 31 heteroatoms. The molecule has 3 aliphatic carbocycles. The first-order chi connectivity index (χ1) is 47.1. The molecule has 10 rings (SSSR count). The number of nitrogens with one attached hydrogen (secondary N) is 1. The highest BCUT2D eigenvalue weighted by Crippen LogP contribution is 2.51. The number of Topliss-reactive ketones (excluding diaryl/α,β-unsaturated/α-hetero) is 1. The highest BCUT2D eigenvalue weighted by molar-refractivity contribution is 14.1. The number of carbonyl (C=O) groups is 3. The molecule has 102 heavy (non-hydrogen) atoms. The Balaban J connectivity index is 0.000000195. The summed E-state index contributed by atoms with van der Waals surface area (Å²) in [4.78, 5) is 36.5. The molecule has 14 atom stereocenters. The van der Waals surface area contributed by atoms with Crippen molar-refractivity contribution in [2.75, 3.05) is 4.43 Å². The Bertz CT molecular complexity index is 3800. The van der Waals surface area contributed by atoms with Crippen LogP contribution in [0.5, 0.6) is 0 Å². The lowest BCUT2D eigenvalue weighted by Crippen LogP contribution is -2.43. The number of alkyl halides is 19. The smallest absolute Gasteiger partial charge is 0.416 e. The molecular formula is C71H66F21IN2O7. The number of nitrogens with two attached hydrogens (primary N) is 1. The quantitative estimate of drug-likeness (QED) is 0.0495. The fourth-order valence-electron chi connectivity index (χ4n) is 13.8. The topological polar surface area (TPSA) is 137 Å². The second-order valence-electron chi connectivity index (χ2n) is 25.9. The molecule has 1 aliphatic heterocycles. The summed E-state index contributed by atoms with van der Waals surface area (Å²) in [6, 6.07) is 20.0. The van der Waals surface area contributed by atoms with Crippen molar-refractivity contribution in [2.45, 2.75) is 176 Å². The van der Waals surface area contributed by atoms with Crippen molar-refractivity contribution in [1.82, 2.24) is 5.32 Å². The number of carbonyl (C=O) groups excluding carboxylic acids is 2. The van der Waals surface area contributed by atoms with E-state index in [0.717, 1.165) is 12.1 Å². The summed E-state index contributed by atoms with van der Waals surface area (Å²) in [6.07, 6.45) is -32.6. The van der Waals surface area contributed by atoms with Gasteiger partial charge in [0, 0.05) is 29.7 Å². The van der Waals surface area contributed by atoms with Gasteiger partial charge in [0.15, 0.2) is 0 Å². The minimum absolute atomic E-state index is 0.0353.